The van der Waals surface area contributed by atoms with Gasteiger partial charge in [0.15, 0.2) is 5.78 Å². The van der Waals surface area contributed by atoms with Gasteiger partial charge in [-0.1, -0.05) is 19.1 Å². The number of hydrogen-bond donors (Lipinski definition) is 1. The summed E-state index contributed by atoms with van der Waals surface area (Å²) in [6.07, 6.45) is 1.03. The number of nitrogens with one attached hydrogen (secondary N) is 1. The molecule has 1 heterocycles. The van der Waals surface area contributed by atoms with Crippen LogP contribution in [-0.4, -0.2) is 16.9 Å². The van der Waals surface area contributed by atoms with Crippen molar-refractivity contribution in [1.82, 2.24) is 4.57 Å². The zero-order valence-electron chi connectivity index (χ0n) is 14.2. The summed E-state index contributed by atoms with van der Waals surface area (Å²) in [5.74, 6) is 0.138. The normalized spacial score (nSPS) is 11.0. The predicted molar refractivity (Wildman–Crippen MR) is 92.9 cm³/mol. The molecule has 1 aromatic carbocycles. The minimum absolute atomic E-state index is 0.138. The van der Waals surface area contributed by atoms with Gasteiger partial charge >= 0.3 is 0 Å². The first-order valence-electron chi connectivity index (χ1n) is 7.98. The van der Waals surface area contributed by atoms with Crippen molar-refractivity contribution in [3.05, 3.63) is 52.8 Å². The smallest absolute Gasteiger partial charge is 0.183 e. The molecule has 0 aliphatic carbocycles. The predicted octanol–water partition coefficient (Wildman–Crippen LogP) is 4.54. The number of carbonyl (C=O) groups is 1. The first-order chi connectivity index (χ1) is 10.4. The van der Waals surface area contributed by atoms with Crippen LogP contribution in [-0.2, 0) is 6.42 Å². The molecule has 0 unspecified atom stereocenters. The molecule has 0 saturated heterocycles. The van der Waals surface area contributed by atoms with Crippen LogP contribution in [0.25, 0.3) is 0 Å². The number of rotatable bonds is 6. The molecular formula is C19H26N2O. The molecule has 118 valence electrons. The van der Waals surface area contributed by atoms with Crippen LogP contribution in [0.5, 0.6) is 0 Å². The van der Waals surface area contributed by atoms with Gasteiger partial charge in [-0.15, -0.1) is 0 Å². The molecule has 0 spiro atoms. The standard InChI is InChI=1S/C19H26N2O/c1-6-16-7-9-17(10-8-16)20-12-19(22)18-11-14(4)21(13(2)3)15(18)5/h7-11,13,20H,6,12H2,1-5H3. The van der Waals surface area contributed by atoms with Gasteiger partial charge in [0.2, 0.25) is 0 Å². The molecule has 0 atom stereocenters. The van der Waals surface area contributed by atoms with E-state index in [1.807, 2.05) is 25.1 Å². The van der Waals surface area contributed by atoms with Gasteiger partial charge in [-0.25, -0.2) is 0 Å². The number of hydrogen-bond acceptors (Lipinski definition) is 2. The lowest BCUT2D eigenvalue weighted by atomic mass is 10.1. The highest BCUT2D eigenvalue weighted by Crippen LogP contribution is 2.20. The van der Waals surface area contributed by atoms with Crippen LogP contribution in [0.15, 0.2) is 30.3 Å². The van der Waals surface area contributed by atoms with Crippen molar-refractivity contribution in [2.75, 3.05) is 11.9 Å². The Hall–Kier alpha value is -2.03. The van der Waals surface area contributed by atoms with Gasteiger partial charge in [0.05, 0.1) is 6.54 Å². The molecule has 2 aromatic rings. The molecule has 0 saturated carbocycles. The zero-order valence-corrected chi connectivity index (χ0v) is 14.2. The second-order valence-corrected chi connectivity index (χ2v) is 6.08. The molecule has 1 aromatic heterocycles. The first-order valence-corrected chi connectivity index (χ1v) is 7.98. The highest BCUT2D eigenvalue weighted by atomic mass is 16.1. The lowest BCUT2D eigenvalue weighted by molar-refractivity contribution is 0.101. The van der Waals surface area contributed by atoms with Gasteiger partial charge in [-0.2, -0.15) is 0 Å². The Bertz CT molecular complexity index is 651. The Morgan fingerprint density at radius 1 is 1.18 bits per heavy atom. The van der Waals surface area contributed by atoms with Crippen molar-refractivity contribution < 1.29 is 4.79 Å². The third kappa shape index (κ3) is 3.41. The molecule has 2 rings (SSSR count). The fourth-order valence-electron chi connectivity index (χ4n) is 2.99. The average Bonchev–Trinajstić information content (AvgIpc) is 2.80. The summed E-state index contributed by atoms with van der Waals surface area (Å²) in [7, 11) is 0. The van der Waals surface area contributed by atoms with E-state index in [1.54, 1.807) is 0 Å². The Kier molecular flexibility index (Phi) is 5.07. The molecule has 3 heteroatoms. The summed E-state index contributed by atoms with van der Waals surface area (Å²) >= 11 is 0. The van der Waals surface area contributed by atoms with Crippen LogP contribution in [0.1, 0.15) is 54.1 Å². The third-order valence-electron chi connectivity index (χ3n) is 4.12. The maximum Gasteiger partial charge on any atom is 0.183 e. The van der Waals surface area contributed by atoms with Gasteiger partial charge in [-0.3, -0.25) is 4.79 Å². The van der Waals surface area contributed by atoms with Crippen LogP contribution in [0.3, 0.4) is 0 Å². The topological polar surface area (TPSA) is 34.0 Å². The number of aryl methyl sites for hydroxylation is 2. The van der Waals surface area contributed by atoms with E-state index in [2.05, 4.69) is 49.7 Å². The first kappa shape index (κ1) is 16.3. The van der Waals surface area contributed by atoms with Crippen LogP contribution >= 0.6 is 0 Å². The molecule has 1 N–H and O–H groups in total. The van der Waals surface area contributed by atoms with E-state index < -0.39 is 0 Å². The number of nitrogens with zero attached hydrogens (tertiary/aromatic N) is 1. The van der Waals surface area contributed by atoms with E-state index in [4.69, 9.17) is 0 Å². The van der Waals surface area contributed by atoms with Gasteiger partial charge in [0, 0.05) is 28.7 Å². The second kappa shape index (κ2) is 6.82. The highest BCUT2D eigenvalue weighted by Gasteiger charge is 2.16. The summed E-state index contributed by atoms with van der Waals surface area (Å²) < 4.78 is 2.21. The Labute approximate surface area is 133 Å². The van der Waals surface area contributed by atoms with Crippen molar-refractivity contribution in [3.8, 4) is 0 Å². The van der Waals surface area contributed by atoms with Gasteiger partial charge in [0.25, 0.3) is 0 Å². The highest BCUT2D eigenvalue weighted by molar-refractivity contribution is 6.00. The quantitative estimate of drug-likeness (QED) is 0.794. The number of anilines is 1. The summed E-state index contributed by atoms with van der Waals surface area (Å²) in [6, 6.07) is 10.6. The minimum Gasteiger partial charge on any atom is -0.378 e. The van der Waals surface area contributed by atoms with Crippen molar-refractivity contribution >= 4 is 11.5 Å². The van der Waals surface area contributed by atoms with Crippen LogP contribution in [0.4, 0.5) is 5.69 Å². The summed E-state index contributed by atoms with van der Waals surface area (Å²) in [6.45, 7) is 10.8. The van der Waals surface area contributed by atoms with Crippen molar-refractivity contribution in [1.29, 1.82) is 0 Å². The third-order valence-corrected chi connectivity index (χ3v) is 4.12. The van der Waals surface area contributed by atoms with E-state index >= 15 is 0 Å². The van der Waals surface area contributed by atoms with E-state index in [0.717, 1.165) is 29.1 Å². The molecular weight excluding hydrogens is 272 g/mol. The van der Waals surface area contributed by atoms with Crippen LogP contribution < -0.4 is 5.32 Å². The molecule has 0 radical (unpaired) electrons. The molecule has 3 nitrogen and oxygen atoms in total. The molecule has 22 heavy (non-hydrogen) atoms. The maximum atomic E-state index is 12.5. The summed E-state index contributed by atoms with van der Waals surface area (Å²) in [5, 5.41) is 3.22. The van der Waals surface area contributed by atoms with Crippen LogP contribution in [0, 0.1) is 13.8 Å². The van der Waals surface area contributed by atoms with Gasteiger partial charge in [0.1, 0.15) is 0 Å². The number of aromatic nitrogens is 1. The fraction of sp³-hybridized carbons (Fsp3) is 0.421. The Morgan fingerprint density at radius 3 is 2.32 bits per heavy atom. The molecule has 0 bridgehead atoms. The lowest BCUT2D eigenvalue weighted by Gasteiger charge is -2.13. The van der Waals surface area contributed by atoms with Crippen molar-refractivity contribution in [3.63, 3.8) is 0 Å². The van der Waals surface area contributed by atoms with Gasteiger partial charge < -0.3 is 9.88 Å². The average molecular weight is 298 g/mol. The Balaban J connectivity index is 2.07. The van der Waals surface area contributed by atoms with Crippen molar-refractivity contribution in [2.45, 2.75) is 47.1 Å². The SMILES string of the molecule is CCc1ccc(NCC(=O)c2cc(C)n(C(C)C)c2C)cc1. The van der Waals surface area contributed by atoms with E-state index in [1.165, 1.54) is 5.56 Å². The number of ketones is 1. The molecule has 0 aliphatic heterocycles. The van der Waals surface area contributed by atoms with Crippen LogP contribution in [0.2, 0.25) is 0 Å². The second-order valence-electron chi connectivity index (χ2n) is 6.08. The van der Waals surface area contributed by atoms with E-state index in [9.17, 15) is 4.79 Å². The number of Topliss-reactive ketones (excluding diaryl/α,β-unsaturated/α-hetero) is 1. The van der Waals surface area contributed by atoms with Gasteiger partial charge in [-0.05, 0) is 57.9 Å². The molecule has 0 aliphatic rings. The Morgan fingerprint density at radius 2 is 1.82 bits per heavy atom. The van der Waals surface area contributed by atoms with E-state index in [0.29, 0.717) is 12.6 Å². The largest absolute Gasteiger partial charge is 0.378 e. The van der Waals surface area contributed by atoms with Crippen molar-refractivity contribution in [2.24, 2.45) is 0 Å². The number of benzene rings is 1. The maximum absolute atomic E-state index is 12.5. The zero-order chi connectivity index (χ0) is 16.3. The summed E-state index contributed by atoms with van der Waals surface area (Å²) in [5.41, 5.74) is 5.31. The fourth-order valence-corrected chi connectivity index (χ4v) is 2.99. The number of carbonyl (C=O) groups excluding carboxylic acids is 1. The lowest BCUT2D eigenvalue weighted by Crippen LogP contribution is -2.15. The summed E-state index contributed by atoms with van der Waals surface area (Å²) in [4.78, 5) is 12.5. The minimum atomic E-state index is 0.138. The molecule has 0 amide bonds. The van der Waals surface area contributed by atoms with E-state index in [-0.39, 0.29) is 5.78 Å². The molecule has 0 fully saturated rings. The monoisotopic (exact) mass is 298 g/mol.